The molecule has 0 aliphatic carbocycles. The lowest BCUT2D eigenvalue weighted by molar-refractivity contribution is 0.707. The fraction of sp³-hybridized carbons (Fsp3) is 0.267. The summed E-state index contributed by atoms with van der Waals surface area (Å²) in [5, 5.41) is 3.46. The number of anilines is 1. The topological polar surface area (TPSA) is 29.9 Å². The van der Waals surface area contributed by atoms with Crippen molar-refractivity contribution in [3.63, 3.8) is 0 Å². The van der Waals surface area contributed by atoms with Crippen molar-refractivity contribution in [3.8, 4) is 0 Å². The second kappa shape index (κ2) is 7.04. The standard InChI is InChI=1S/C15H19N3S/c1-3-11-19-14-8-6-5-7-13(14)17-12-15-16-9-10-18(15)4-2/h3,5-10,17H,1,4,11-12H2,2H3. The molecular weight excluding hydrogens is 254 g/mol. The zero-order valence-electron chi connectivity index (χ0n) is 11.2. The predicted molar refractivity (Wildman–Crippen MR) is 82.6 cm³/mol. The lowest BCUT2D eigenvalue weighted by atomic mass is 10.3. The summed E-state index contributed by atoms with van der Waals surface area (Å²) < 4.78 is 2.15. The third-order valence-electron chi connectivity index (χ3n) is 2.82. The lowest BCUT2D eigenvalue weighted by Gasteiger charge is -2.11. The van der Waals surface area contributed by atoms with Gasteiger partial charge in [0, 0.05) is 35.3 Å². The summed E-state index contributed by atoms with van der Waals surface area (Å²) in [5.41, 5.74) is 1.15. The van der Waals surface area contributed by atoms with Gasteiger partial charge in [0.1, 0.15) is 5.82 Å². The molecule has 0 unspecified atom stereocenters. The number of hydrogen-bond donors (Lipinski definition) is 1. The Bertz CT molecular complexity index is 534. The molecular formula is C15H19N3S. The van der Waals surface area contributed by atoms with Crippen LogP contribution in [0.4, 0.5) is 5.69 Å². The Morgan fingerprint density at radius 3 is 3.05 bits per heavy atom. The SMILES string of the molecule is C=CCSc1ccccc1NCc1nccn1CC. The predicted octanol–water partition coefficient (Wildman–Crippen LogP) is 3.79. The van der Waals surface area contributed by atoms with Gasteiger partial charge in [0.2, 0.25) is 0 Å². The van der Waals surface area contributed by atoms with Crippen LogP contribution in [-0.2, 0) is 13.1 Å². The van der Waals surface area contributed by atoms with Crippen LogP contribution >= 0.6 is 11.8 Å². The summed E-state index contributed by atoms with van der Waals surface area (Å²) >= 11 is 1.79. The molecule has 0 atom stereocenters. The Balaban J connectivity index is 2.04. The minimum Gasteiger partial charge on any atom is -0.377 e. The van der Waals surface area contributed by atoms with Gasteiger partial charge in [-0.1, -0.05) is 18.2 Å². The van der Waals surface area contributed by atoms with Crippen LogP contribution in [-0.4, -0.2) is 15.3 Å². The molecule has 0 spiro atoms. The lowest BCUT2D eigenvalue weighted by Crippen LogP contribution is -2.08. The van der Waals surface area contributed by atoms with Gasteiger partial charge in [-0.2, -0.15) is 0 Å². The number of nitrogens with zero attached hydrogens (tertiary/aromatic N) is 2. The summed E-state index contributed by atoms with van der Waals surface area (Å²) in [7, 11) is 0. The van der Waals surface area contributed by atoms with Crippen LogP contribution in [0.15, 0.2) is 54.2 Å². The van der Waals surface area contributed by atoms with Crippen LogP contribution in [0.25, 0.3) is 0 Å². The smallest absolute Gasteiger partial charge is 0.128 e. The van der Waals surface area contributed by atoms with Crippen molar-refractivity contribution >= 4 is 17.4 Å². The van der Waals surface area contributed by atoms with Gasteiger partial charge in [0.15, 0.2) is 0 Å². The highest BCUT2D eigenvalue weighted by atomic mass is 32.2. The van der Waals surface area contributed by atoms with Crippen LogP contribution < -0.4 is 5.32 Å². The zero-order chi connectivity index (χ0) is 13.5. The first-order valence-electron chi connectivity index (χ1n) is 6.41. The Labute approximate surface area is 118 Å². The van der Waals surface area contributed by atoms with Gasteiger partial charge in [-0.3, -0.25) is 0 Å². The molecule has 2 rings (SSSR count). The van der Waals surface area contributed by atoms with E-state index < -0.39 is 0 Å². The van der Waals surface area contributed by atoms with Gasteiger partial charge in [0.25, 0.3) is 0 Å². The fourth-order valence-electron chi connectivity index (χ4n) is 1.86. The van der Waals surface area contributed by atoms with Crippen LogP contribution in [0.3, 0.4) is 0 Å². The fourth-order valence-corrected chi connectivity index (χ4v) is 2.62. The van der Waals surface area contributed by atoms with E-state index in [4.69, 9.17) is 0 Å². The molecule has 0 saturated carbocycles. The number of aryl methyl sites for hydroxylation is 1. The van der Waals surface area contributed by atoms with Crippen LogP contribution in [0.5, 0.6) is 0 Å². The number of benzene rings is 1. The Kier molecular flexibility index (Phi) is 5.10. The second-order valence-electron chi connectivity index (χ2n) is 4.08. The van der Waals surface area contributed by atoms with E-state index in [1.807, 2.05) is 24.5 Å². The molecule has 0 amide bonds. The van der Waals surface area contributed by atoms with E-state index in [1.165, 1.54) is 4.90 Å². The summed E-state index contributed by atoms with van der Waals surface area (Å²) in [6, 6.07) is 8.34. The summed E-state index contributed by atoms with van der Waals surface area (Å²) in [6.07, 6.45) is 5.78. The Morgan fingerprint density at radius 2 is 2.26 bits per heavy atom. The largest absolute Gasteiger partial charge is 0.377 e. The molecule has 0 saturated heterocycles. The maximum atomic E-state index is 4.37. The van der Waals surface area contributed by atoms with Crippen molar-refractivity contribution in [2.75, 3.05) is 11.1 Å². The molecule has 3 nitrogen and oxygen atoms in total. The monoisotopic (exact) mass is 273 g/mol. The molecule has 2 aromatic rings. The average molecular weight is 273 g/mol. The molecule has 0 aliphatic rings. The molecule has 1 heterocycles. The quantitative estimate of drug-likeness (QED) is 0.615. The van der Waals surface area contributed by atoms with E-state index in [0.717, 1.165) is 30.4 Å². The number of aromatic nitrogens is 2. The molecule has 0 fully saturated rings. The number of thioether (sulfide) groups is 1. The second-order valence-corrected chi connectivity index (χ2v) is 5.14. The molecule has 1 N–H and O–H groups in total. The van der Waals surface area contributed by atoms with Gasteiger partial charge in [0.05, 0.1) is 6.54 Å². The number of hydrogen-bond acceptors (Lipinski definition) is 3. The molecule has 100 valence electrons. The van der Waals surface area contributed by atoms with E-state index in [0.29, 0.717) is 0 Å². The summed E-state index contributed by atoms with van der Waals surface area (Å²) in [6.45, 7) is 7.58. The van der Waals surface area contributed by atoms with Crippen LogP contribution in [0.2, 0.25) is 0 Å². The maximum absolute atomic E-state index is 4.37. The van der Waals surface area contributed by atoms with Gasteiger partial charge >= 0.3 is 0 Å². The highest BCUT2D eigenvalue weighted by Crippen LogP contribution is 2.27. The van der Waals surface area contributed by atoms with Crippen molar-refractivity contribution in [2.45, 2.75) is 24.9 Å². The number of nitrogens with one attached hydrogen (secondary N) is 1. The first-order valence-corrected chi connectivity index (χ1v) is 7.40. The molecule has 19 heavy (non-hydrogen) atoms. The van der Waals surface area contributed by atoms with Crippen molar-refractivity contribution in [2.24, 2.45) is 0 Å². The summed E-state index contributed by atoms with van der Waals surface area (Å²) in [5.74, 6) is 1.98. The van der Waals surface area contributed by atoms with E-state index in [9.17, 15) is 0 Å². The van der Waals surface area contributed by atoms with E-state index in [1.54, 1.807) is 11.8 Å². The number of para-hydroxylation sites is 1. The van der Waals surface area contributed by atoms with Crippen LogP contribution in [0.1, 0.15) is 12.7 Å². The Morgan fingerprint density at radius 1 is 1.42 bits per heavy atom. The van der Waals surface area contributed by atoms with Crippen LogP contribution in [0, 0.1) is 0 Å². The highest BCUT2D eigenvalue weighted by molar-refractivity contribution is 7.99. The molecule has 0 bridgehead atoms. The van der Waals surface area contributed by atoms with E-state index in [2.05, 4.69) is 46.6 Å². The van der Waals surface area contributed by atoms with E-state index >= 15 is 0 Å². The Hall–Kier alpha value is -1.68. The average Bonchev–Trinajstić information content (AvgIpc) is 2.91. The number of rotatable bonds is 7. The molecule has 1 aromatic carbocycles. The molecule has 4 heteroatoms. The normalized spacial score (nSPS) is 10.4. The third kappa shape index (κ3) is 3.64. The van der Waals surface area contributed by atoms with E-state index in [-0.39, 0.29) is 0 Å². The molecule has 1 aromatic heterocycles. The summed E-state index contributed by atoms with van der Waals surface area (Å²) in [4.78, 5) is 5.62. The maximum Gasteiger partial charge on any atom is 0.128 e. The van der Waals surface area contributed by atoms with Crippen molar-refractivity contribution in [3.05, 3.63) is 55.1 Å². The minimum atomic E-state index is 0.743. The first kappa shape index (κ1) is 13.7. The van der Waals surface area contributed by atoms with Gasteiger partial charge < -0.3 is 9.88 Å². The van der Waals surface area contributed by atoms with Crippen molar-refractivity contribution in [1.29, 1.82) is 0 Å². The van der Waals surface area contributed by atoms with Gasteiger partial charge in [-0.15, -0.1) is 18.3 Å². The van der Waals surface area contributed by atoms with Gasteiger partial charge in [-0.25, -0.2) is 4.98 Å². The molecule has 0 aliphatic heterocycles. The number of imidazole rings is 1. The molecule has 0 radical (unpaired) electrons. The third-order valence-corrected chi connectivity index (χ3v) is 3.89. The zero-order valence-corrected chi connectivity index (χ0v) is 12.0. The van der Waals surface area contributed by atoms with Gasteiger partial charge in [-0.05, 0) is 19.1 Å². The minimum absolute atomic E-state index is 0.743. The van der Waals surface area contributed by atoms with Crippen molar-refractivity contribution in [1.82, 2.24) is 9.55 Å². The highest BCUT2D eigenvalue weighted by Gasteiger charge is 2.04. The van der Waals surface area contributed by atoms with Crippen molar-refractivity contribution < 1.29 is 0 Å². The first-order chi connectivity index (χ1) is 9.35.